The van der Waals surface area contributed by atoms with Crippen LogP contribution in [0.3, 0.4) is 0 Å². The first-order chi connectivity index (χ1) is 12.2. The number of aromatic nitrogens is 1. The van der Waals surface area contributed by atoms with Gasteiger partial charge in [-0.15, -0.1) is 0 Å². The van der Waals surface area contributed by atoms with Crippen LogP contribution in [0.4, 0.5) is 0 Å². The molecule has 0 radical (unpaired) electrons. The van der Waals surface area contributed by atoms with Crippen LogP contribution in [0.1, 0.15) is 16.1 Å². The van der Waals surface area contributed by atoms with Gasteiger partial charge in [0.1, 0.15) is 5.69 Å². The molecular weight excluding hydrogens is 322 g/mol. The van der Waals surface area contributed by atoms with Crippen LogP contribution in [0.5, 0.6) is 11.5 Å². The molecule has 0 saturated carbocycles. The summed E-state index contributed by atoms with van der Waals surface area (Å²) in [6, 6.07) is 9.14. The van der Waals surface area contributed by atoms with Crippen molar-refractivity contribution in [3.05, 3.63) is 47.8 Å². The zero-order valence-electron chi connectivity index (χ0n) is 13.7. The Morgan fingerprint density at radius 2 is 1.76 bits per heavy atom. The van der Waals surface area contributed by atoms with E-state index in [4.69, 9.17) is 9.47 Å². The second-order valence-electron chi connectivity index (χ2n) is 6.12. The third-order valence-electron chi connectivity index (χ3n) is 4.54. The highest BCUT2D eigenvalue weighted by molar-refractivity contribution is 5.92. The molecule has 7 heteroatoms. The molecule has 1 aromatic carbocycles. The number of carbonyl (C=O) groups is 2. The number of nitrogens with one attached hydrogen (secondary N) is 1. The van der Waals surface area contributed by atoms with Gasteiger partial charge in [0.2, 0.25) is 12.7 Å². The Morgan fingerprint density at radius 1 is 1.00 bits per heavy atom. The minimum atomic E-state index is -0.0205. The summed E-state index contributed by atoms with van der Waals surface area (Å²) in [4.78, 5) is 31.3. The third-order valence-corrected chi connectivity index (χ3v) is 4.54. The number of benzene rings is 1. The summed E-state index contributed by atoms with van der Waals surface area (Å²) < 4.78 is 10.6. The maximum Gasteiger partial charge on any atom is 0.270 e. The van der Waals surface area contributed by atoms with Gasteiger partial charge in [0.05, 0.1) is 6.42 Å². The van der Waals surface area contributed by atoms with Crippen molar-refractivity contribution < 1.29 is 19.1 Å². The van der Waals surface area contributed by atoms with E-state index in [2.05, 4.69) is 4.98 Å². The van der Waals surface area contributed by atoms with Crippen molar-refractivity contribution in [1.29, 1.82) is 0 Å². The minimum absolute atomic E-state index is 0.0205. The predicted octanol–water partition coefficient (Wildman–Crippen LogP) is 1.27. The Hall–Kier alpha value is -2.96. The predicted molar refractivity (Wildman–Crippen MR) is 89.5 cm³/mol. The van der Waals surface area contributed by atoms with Crippen molar-refractivity contribution in [3.8, 4) is 11.5 Å². The van der Waals surface area contributed by atoms with Crippen LogP contribution < -0.4 is 9.47 Å². The highest BCUT2D eigenvalue weighted by atomic mass is 16.7. The standard InChI is InChI=1S/C18H19N3O4/c22-17(11-13-3-4-15-16(10-13)25-12-24-15)20-6-8-21(9-7-20)18(23)14-2-1-5-19-14/h1-5,10,19H,6-9,11-12H2. The molecule has 7 nitrogen and oxygen atoms in total. The Morgan fingerprint density at radius 3 is 2.52 bits per heavy atom. The molecule has 0 atom stereocenters. The Balaban J connectivity index is 1.33. The number of rotatable bonds is 3. The van der Waals surface area contributed by atoms with Crippen LogP contribution in [0.15, 0.2) is 36.5 Å². The number of nitrogens with zero attached hydrogens (tertiary/aromatic N) is 2. The maximum absolute atomic E-state index is 12.5. The highest BCUT2D eigenvalue weighted by Gasteiger charge is 2.25. The van der Waals surface area contributed by atoms with Crippen molar-refractivity contribution in [3.63, 3.8) is 0 Å². The summed E-state index contributed by atoms with van der Waals surface area (Å²) in [5.41, 5.74) is 1.49. The molecule has 2 aliphatic heterocycles. The maximum atomic E-state index is 12.5. The lowest BCUT2D eigenvalue weighted by atomic mass is 10.1. The average Bonchev–Trinajstić information content (AvgIpc) is 3.32. The molecule has 130 valence electrons. The summed E-state index contributed by atoms with van der Waals surface area (Å²) in [6.07, 6.45) is 2.06. The van der Waals surface area contributed by atoms with Crippen molar-refractivity contribution in [2.45, 2.75) is 6.42 Å². The number of aromatic amines is 1. The van der Waals surface area contributed by atoms with Gasteiger partial charge in [0.15, 0.2) is 11.5 Å². The second kappa shape index (κ2) is 6.51. The van der Waals surface area contributed by atoms with Crippen LogP contribution in [-0.2, 0) is 11.2 Å². The third kappa shape index (κ3) is 3.17. The van der Waals surface area contributed by atoms with E-state index >= 15 is 0 Å². The van der Waals surface area contributed by atoms with Crippen molar-refractivity contribution >= 4 is 11.8 Å². The molecule has 25 heavy (non-hydrogen) atoms. The average molecular weight is 341 g/mol. The Labute approximate surface area is 145 Å². The minimum Gasteiger partial charge on any atom is -0.454 e. The van der Waals surface area contributed by atoms with E-state index in [-0.39, 0.29) is 18.6 Å². The lowest BCUT2D eigenvalue weighted by Crippen LogP contribution is -2.51. The van der Waals surface area contributed by atoms with Gasteiger partial charge in [-0.3, -0.25) is 9.59 Å². The molecule has 0 bridgehead atoms. The highest BCUT2D eigenvalue weighted by Crippen LogP contribution is 2.32. The normalized spacial score (nSPS) is 16.2. The van der Waals surface area contributed by atoms with Gasteiger partial charge in [-0.2, -0.15) is 0 Å². The zero-order valence-corrected chi connectivity index (χ0v) is 13.7. The van der Waals surface area contributed by atoms with E-state index in [0.717, 1.165) is 5.56 Å². The fourth-order valence-corrected chi connectivity index (χ4v) is 3.13. The fraction of sp³-hybridized carbons (Fsp3) is 0.333. The van der Waals surface area contributed by atoms with Crippen LogP contribution in [0, 0.1) is 0 Å². The molecule has 1 N–H and O–H groups in total. The van der Waals surface area contributed by atoms with Gasteiger partial charge in [0, 0.05) is 32.4 Å². The number of ether oxygens (including phenoxy) is 2. The van der Waals surface area contributed by atoms with Gasteiger partial charge in [-0.1, -0.05) is 6.07 Å². The van der Waals surface area contributed by atoms with E-state index in [1.165, 1.54) is 0 Å². The van der Waals surface area contributed by atoms with Gasteiger partial charge in [0.25, 0.3) is 5.91 Å². The monoisotopic (exact) mass is 341 g/mol. The first-order valence-electron chi connectivity index (χ1n) is 8.30. The number of hydrogen-bond donors (Lipinski definition) is 1. The molecule has 0 unspecified atom stereocenters. The van der Waals surface area contributed by atoms with E-state index in [9.17, 15) is 9.59 Å². The van der Waals surface area contributed by atoms with Crippen LogP contribution in [0.25, 0.3) is 0 Å². The lowest BCUT2D eigenvalue weighted by Gasteiger charge is -2.34. The molecule has 0 spiro atoms. The Bertz CT molecular complexity index is 780. The van der Waals surface area contributed by atoms with Crippen molar-refractivity contribution in [2.75, 3.05) is 33.0 Å². The quantitative estimate of drug-likeness (QED) is 0.912. The van der Waals surface area contributed by atoms with Crippen LogP contribution in [-0.4, -0.2) is 59.6 Å². The Kier molecular flexibility index (Phi) is 4.05. The van der Waals surface area contributed by atoms with Crippen LogP contribution in [0.2, 0.25) is 0 Å². The van der Waals surface area contributed by atoms with Crippen molar-refractivity contribution in [2.24, 2.45) is 0 Å². The van der Waals surface area contributed by atoms with E-state index < -0.39 is 0 Å². The zero-order chi connectivity index (χ0) is 17.2. The van der Waals surface area contributed by atoms with Gasteiger partial charge in [-0.05, 0) is 29.8 Å². The molecule has 2 aromatic rings. The number of piperazine rings is 1. The summed E-state index contributed by atoms with van der Waals surface area (Å²) in [5, 5.41) is 0. The summed E-state index contributed by atoms with van der Waals surface area (Å²) in [6.45, 7) is 2.42. The topological polar surface area (TPSA) is 74.9 Å². The number of fused-ring (bicyclic) bond motifs is 1. The smallest absolute Gasteiger partial charge is 0.270 e. The molecule has 1 fully saturated rings. The molecule has 4 rings (SSSR count). The van der Waals surface area contributed by atoms with Gasteiger partial charge < -0.3 is 24.3 Å². The van der Waals surface area contributed by atoms with Crippen molar-refractivity contribution in [1.82, 2.24) is 14.8 Å². The first-order valence-corrected chi connectivity index (χ1v) is 8.30. The fourth-order valence-electron chi connectivity index (χ4n) is 3.13. The molecule has 2 amide bonds. The summed E-state index contributed by atoms with van der Waals surface area (Å²) >= 11 is 0. The second-order valence-corrected chi connectivity index (χ2v) is 6.12. The summed E-state index contributed by atoms with van der Waals surface area (Å²) in [7, 11) is 0. The van der Waals surface area contributed by atoms with E-state index in [0.29, 0.717) is 49.8 Å². The SMILES string of the molecule is O=C(Cc1ccc2c(c1)OCO2)N1CCN(C(=O)c2ccc[nH]2)CC1. The number of carbonyl (C=O) groups excluding carboxylic acids is 2. The van der Waals surface area contributed by atoms with E-state index in [1.807, 2.05) is 23.1 Å². The molecule has 1 saturated heterocycles. The number of hydrogen-bond acceptors (Lipinski definition) is 4. The van der Waals surface area contributed by atoms with Crippen LogP contribution >= 0.6 is 0 Å². The largest absolute Gasteiger partial charge is 0.454 e. The lowest BCUT2D eigenvalue weighted by molar-refractivity contribution is -0.131. The molecule has 0 aliphatic carbocycles. The summed E-state index contributed by atoms with van der Waals surface area (Å²) in [5.74, 6) is 1.44. The number of H-pyrrole nitrogens is 1. The first kappa shape index (κ1) is 15.6. The molecule has 2 aliphatic rings. The molecular formula is C18H19N3O4. The number of amides is 2. The molecule has 1 aromatic heterocycles. The van der Waals surface area contributed by atoms with E-state index in [1.54, 1.807) is 23.2 Å². The van der Waals surface area contributed by atoms with Gasteiger partial charge in [-0.25, -0.2) is 0 Å². The van der Waals surface area contributed by atoms with Gasteiger partial charge >= 0.3 is 0 Å². The molecule has 3 heterocycles.